The van der Waals surface area contributed by atoms with E-state index in [-0.39, 0.29) is 6.10 Å². The molecular formula is C10H22O2S. The molecule has 0 bridgehead atoms. The number of ether oxygens (including phenoxy) is 1. The highest BCUT2D eigenvalue weighted by molar-refractivity contribution is 7.98. The summed E-state index contributed by atoms with van der Waals surface area (Å²) < 4.78 is 4.97. The zero-order valence-electron chi connectivity index (χ0n) is 8.95. The Labute approximate surface area is 86.1 Å². The van der Waals surface area contributed by atoms with Gasteiger partial charge in [0.15, 0.2) is 0 Å². The Morgan fingerprint density at radius 2 is 2.08 bits per heavy atom. The molecule has 3 heteroatoms. The number of rotatable bonds is 8. The topological polar surface area (TPSA) is 29.5 Å². The van der Waals surface area contributed by atoms with Crippen LogP contribution in [0.5, 0.6) is 0 Å². The van der Waals surface area contributed by atoms with Crippen LogP contribution in [0, 0.1) is 5.92 Å². The van der Waals surface area contributed by atoms with E-state index in [0.717, 1.165) is 31.6 Å². The van der Waals surface area contributed by atoms with E-state index in [1.807, 2.05) is 11.8 Å². The van der Waals surface area contributed by atoms with Crippen molar-refractivity contribution in [1.82, 2.24) is 0 Å². The van der Waals surface area contributed by atoms with Crippen LogP contribution in [0.3, 0.4) is 0 Å². The summed E-state index contributed by atoms with van der Waals surface area (Å²) >= 11 is 1.84. The Hall–Kier alpha value is 0.270. The molecule has 0 aliphatic heterocycles. The second-order valence-corrected chi connectivity index (χ2v) is 4.45. The molecule has 0 saturated carbocycles. The van der Waals surface area contributed by atoms with E-state index >= 15 is 0 Å². The molecule has 0 saturated heterocycles. The molecule has 13 heavy (non-hydrogen) atoms. The number of aliphatic hydroxyl groups excluding tert-OH is 1. The second kappa shape index (κ2) is 8.85. The quantitative estimate of drug-likeness (QED) is 0.617. The van der Waals surface area contributed by atoms with Gasteiger partial charge in [-0.05, 0) is 37.2 Å². The average molecular weight is 206 g/mol. The van der Waals surface area contributed by atoms with Crippen LogP contribution in [0.4, 0.5) is 0 Å². The fourth-order valence-corrected chi connectivity index (χ4v) is 1.67. The lowest BCUT2D eigenvalue weighted by Crippen LogP contribution is -2.19. The van der Waals surface area contributed by atoms with E-state index in [9.17, 15) is 5.11 Å². The van der Waals surface area contributed by atoms with Crippen LogP contribution in [-0.4, -0.2) is 36.9 Å². The first-order valence-corrected chi connectivity index (χ1v) is 6.27. The van der Waals surface area contributed by atoms with Crippen molar-refractivity contribution in [3.8, 4) is 0 Å². The van der Waals surface area contributed by atoms with Gasteiger partial charge in [0.1, 0.15) is 0 Å². The van der Waals surface area contributed by atoms with Crippen LogP contribution >= 0.6 is 11.8 Å². The first kappa shape index (κ1) is 13.3. The van der Waals surface area contributed by atoms with Gasteiger partial charge in [-0.25, -0.2) is 0 Å². The highest BCUT2D eigenvalue weighted by atomic mass is 32.2. The minimum atomic E-state index is -0.151. The van der Waals surface area contributed by atoms with Gasteiger partial charge < -0.3 is 9.84 Å². The first-order chi connectivity index (χ1) is 6.22. The maximum atomic E-state index is 9.71. The molecule has 0 radical (unpaired) electrons. The zero-order chi connectivity index (χ0) is 10.1. The van der Waals surface area contributed by atoms with E-state index in [4.69, 9.17) is 4.74 Å². The summed E-state index contributed by atoms with van der Waals surface area (Å²) in [7, 11) is 1.70. The molecule has 0 rings (SSSR count). The molecule has 80 valence electrons. The molecule has 0 amide bonds. The van der Waals surface area contributed by atoms with E-state index in [1.54, 1.807) is 7.11 Å². The van der Waals surface area contributed by atoms with Gasteiger partial charge in [0, 0.05) is 13.7 Å². The molecular weight excluding hydrogens is 184 g/mol. The van der Waals surface area contributed by atoms with Gasteiger partial charge in [0.25, 0.3) is 0 Å². The predicted octanol–water partition coefficient (Wildman–Crippen LogP) is 2.16. The van der Waals surface area contributed by atoms with Crippen LogP contribution in [0.15, 0.2) is 0 Å². The molecule has 0 spiro atoms. The number of methoxy groups -OCH3 is 1. The average Bonchev–Trinajstić information content (AvgIpc) is 2.14. The molecule has 0 fully saturated rings. The Morgan fingerprint density at radius 1 is 1.38 bits per heavy atom. The molecule has 2 nitrogen and oxygen atoms in total. The van der Waals surface area contributed by atoms with E-state index in [0.29, 0.717) is 5.92 Å². The Balaban J connectivity index is 3.38. The minimum absolute atomic E-state index is 0.151. The van der Waals surface area contributed by atoms with Gasteiger partial charge in [-0.15, -0.1) is 0 Å². The SMILES string of the molecule is COCCC(C)C(O)CCCSC. The summed E-state index contributed by atoms with van der Waals surface area (Å²) in [6, 6.07) is 0. The maximum absolute atomic E-state index is 9.71. The van der Waals surface area contributed by atoms with Crippen molar-refractivity contribution in [1.29, 1.82) is 0 Å². The third kappa shape index (κ3) is 7.35. The minimum Gasteiger partial charge on any atom is -0.393 e. The summed E-state index contributed by atoms with van der Waals surface area (Å²) in [4.78, 5) is 0. The molecule has 0 aliphatic carbocycles. The second-order valence-electron chi connectivity index (χ2n) is 3.46. The highest BCUT2D eigenvalue weighted by Crippen LogP contribution is 2.14. The Morgan fingerprint density at radius 3 is 2.62 bits per heavy atom. The van der Waals surface area contributed by atoms with Crippen molar-refractivity contribution in [3.05, 3.63) is 0 Å². The van der Waals surface area contributed by atoms with E-state index < -0.39 is 0 Å². The summed E-state index contributed by atoms with van der Waals surface area (Å²) in [6.07, 6.45) is 4.94. The molecule has 0 aromatic heterocycles. The van der Waals surface area contributed by atoms with Gasteiger partial charge in [0.2, 0.25) is 0 Å². The van der Waals surface area contributed by atoms with E-state index in [1.165, 1.54) is 0 Å². The molecule has 0 aromatic rings. The predicted molar refractivity (Wildman–Crippen MR) is 59.3 cm³/mol. The number of aliphatic hydroxyl groups is 1. The van der Waals surface area contributed by atoms with Crippen LogP contribution in [-0.2, 0) is 4.74 Å². The van der Waals surface area contributed by atoms with Gasteiger partial charge >= 0.3 is 0 Å². The molecule has 0 heterocycles. The van der Waals surface area contributed by atoms with Crippen molar-refractivity contribution < 1.29 is 9.84 Å². The van der Waals surface area contributed by atoms with Crippen molar-refractivity contribution in [2.24, 2.45) is 5.92 Å². The monoisotopic (exact) mass is 206 g/mol. The van der Waals surface area contributed by atoms with Crippen LogP contribution in [0.1, 0.15) is 26.2 Å². The lowest BCUT2D eigenvalue weighted by Gasteiger charge is -2.17. The standard InChI is InChI=1S/C10H22O2S/c1-9(6-7-12-2)10(11)5-4-8-13-3/h9-11H,4-8H2,1-3H3. The first-order valence-electron chi connectivity index (χ1n) is 4.88. The summed E-state index contributed by atoms with van der Waals surface area (Å²) in [5.74, 6) is 1.51. The van der Waals surface area contributed by atoms with Crippen LogP contribution < -0.4 is 0 Å². The van der Waals surface area contributed by atoms with E-state index in [2.05, 4.69) is 13.2 Å². The van der Waals surface area contributed by atoms with Gasteiger partial charge in [-0.1, -0.05) is 6.92 Å². The molecule has 0 aromatic carbocycles. The van der Waals surface area contributed by atoms with Gasteiger partial charge in [-0.3, -0.25) is 0 Å². The fourth-order valence-electron chi connectivity index (χ4n) is 1.22. The lowest BCUT2D eigenvalue weighted by molar-refractivity contribution is 0.0816. The Kier molecular flexibility index (Phi) is 9.03. The lowest BCUT2D eigenvalue weighted by atomic mass is 9.98. The maximum Gasteiger partial charge on any atom is 0.0566 e. The fraction of sp³-hybridized carbons (Fsp3) is 1.00. The molecule has 2 atom stereocenters. The van der Waals surface area contributed by atoms with Crippen molar-refractivity contribution in [3.63, 3.8) is 0 Å². The summed E-state index contributed by atoms with van der Waals surface area (Å²) in [6.45, 7) is 2.84. The third-order valence-electron chi connectivity index (χ3n) is 2.28. The number of thioether (sulfide) groups is 1. The molecule has 2 unspecified atom stereocenters. The number of hydrogen-bond acceptors (Lipinski definition) is 3. The van der Waals surface area contributed by atoms with Crippen molar-refractivity contribution in [2.75, 3.05) is 25.7 Å². The largest absolute Gasteiger partial charge is 0.393 e. The van der Waals surface area contributed by atoms with Crippen LogP contribution in [0.2, 0.25) is 0 Å². The van der Waals surface area contributed by atoms with Gasteiger partial charge in [-0.2, -0.15) is 11.8 Å². The smallest absolute Gasteiger partial charge is 0.0566 e. The van der Waals surface area contributed by atoms with Gasteiger partial charge in [0.05, 0.1) is 6.10 Å². The van der Waals surface area contributed by atoms with Crippen LogP contribution in [0.25, 0.3) is 0 Å². The third-order valence-corrected chi connectivity index (χ3v) is 2.98. The Bertz CT molecular complexity index is 109. The zero-order valence-corrected chi connectivity index (χ0v) is 9.77. The summed E-state index contributed by atoms with van der Waals surface area (Å²) in [5, 5.41) is 9.71. The molecule has 0 aliphatic rings. The molecule has 1 N–H and O–H groups in total. The summed E-state index contributed by atoms with van der Waals surface area (Å²) in [5.41, 5.74) is 0. The highest BCUT2D eigenvalue weighted by Gasteiger charge is 2.12. The number of hydrogen-bond donors (Lipinski definition) is 1. The van der Waals surface area contributed by atoms with Crippen molar-refractivity contribution >= 4 is 11.8 Å². The van der Waals surface area contributed by atoms with Crippen molar-refractivity contribution in [2.45, 2.75) is 32.3 Å². The normalized spacial score (nSPS) is 15.7.